The number of benzene rings is 1. The maximum Gasteiger partial charge on any atom is 0.343 e. The molecule has 0 saturated carbocycles. The summed E-state index contributed by atoms with van der Waals surface area (Å²) in [5, 5.41) is 19.2. The summed E-state index contributed by atoms with van der Waals surface area (Å²) in [7, 11) is 0. The van der Waals surface area contributed by atoms with Crippen molar-refractivity contribution in [1.82, 2.24) is 9.55 Å². The summed E-state index contributed by atoms with van der Waals surface area (Å²) < 4.78 is 6.72. The number of hydrogen-bond donors (Lipinski definition) is 1. The van der Waals surface area contributed by atoms with Crippen LogP contribution in [-0.2, 0) is 28.3 Å². The molecule has 1 aromatic carbocycles. The van der Waals surface area contributed by atoms with Gasteiger partial charge in [0.05, 0.1) is 35.1 Å². The van der Waals surface area contributed by atoms with E-state index in [1.54, 1.807) is 23.6 Å². The van der Waals surface area contributed by atoms with E-state index in [0.717, 1.165) is 22.2 Å². The van der Waals surface area contributed by atoms with Crippen molar-refractivity contribution in [1.29, 1.82) is 5.26 Å². The van der Waals surface area contributed by atoms with Crippen molar-refractivity contribution in [3.63, 3.8) is 0 Å². The lowest BCUT2D eigenvalue weighted by Gasteiger charge is -2.31. The Labute approximate surface area is 166 Å². The Balaban J connectivity index is 0.000000645. The summed E-state index contributed by atoms with van der Waals surface area (Å²) in [6.45, 7) is 3.44. The molecular formula is C22H19N3O4. The van der Waals surface area contributed by atoms with E-state index in [1.807, 2.05) is 30.3 Å². The zero-order valence-corrected chi connectivity index (χ0v) is 16.1. The van der Waals surface area contributed by atoms with Crippen molar-refractivity contribution >= 4 is 16.9 Å². The minimum Gasteiger partial charge on any atom is -0.458 e. The molecule has 5 rings (SSSR count). The van der Waals surface area contributed by atoms with Gasteiger partial charge in [-0.1, -0.05) is 25.1 Å². The van der Waals surface area contributed by atoms with Gasteiger partial charge in [-0.05, 0) is 24.6 Å². The first kappa shape index (κ1) is 18.8. The molecule has 2 aliphatic rings. The monoisotopic (exact) mass is 389 g/mol. The van der Waals surface area contributed by atoms with E-state index >= 15 is 0 Å². The number of hydrogen-bond acceptors (Lipinski definition) is 6. The van der Waals surface area contributed by atoms with Crippen LogP contribution < -0.4 is 5.56 Å². The molecule has 1 N–H and O–H groups in total. The van der Waals surface area contributed by atoms with Gasteiger partial charge in [-0.25, -0.2) is 9.78 Å². The van der Waals surface area contributed by atoms with E-state index in [-0.39, 0.29) is 18.6 Å². The van der Waals surface area contributed by atoms with Gasteiger partial charge >= 0.3 is 5.97 Å². The standard InChI is InChI=1S/C20H16N2O4.C2H3N/c1-2-20(25)14-8-16-17-12(7-11-5-3-4-6-15(11)21-17)9-22(16)18(23)13(14)10-26-19(20)24;1-2-3/h3-8,25H,2,9-10H2,1H3;1H3/t20-;/m0./s1. The van der Waals surface area contributed by atoms with Crippen LogP contribution in [0.3, 0.4) is 0 Å². The van der Waals surface area contributed by atoms with Crippen LogP contribution in [-0.4, -0.2) is 20.6 Å². The quantitative estimate of drug-likeness (QED) is 0.502. The number of cyclic esters (lactones) is 1. The molecule has 0 radical (unpaired) electrons. The third kappa shape index (κ3) is 2.72. The number of aromatic nitrogens is 2. The first-order chi connectivity index (χ1) is 13.9. The van der Waals surface area contributed by atoms with Gasteiger partial charge in [0.15, 0.2) is 5.60 Å². The fourth-order valence-corrected chi connectivity index (χ4v) is 3.93. The second-order valence-electron chi connectivity index (χ2n) is 7.02. The molecule has 7 heteroatoms. The number of para-hydroxylation sites is 1. The van der Waals surface area contributed by atoms with Crippen molar-refractivity contribution in [3.8, 4) is 17.5 Å². The van der Waals surface area contributed by atoms with Crippen molar-refractivity contribution in [2.75, 3.05) is 0 Å². The second-order valence-corrected chi connectivity index (χ2v) is 7.02. The van der Waals surface area contributed by atoms with Gasteiger partial charge in [0.2, 0.25) is 0 Å². The molecule has 29 heavy (non-hydrogen) atoms. The number of nitriles is 1. The number of pyridine rings is 2. The maximum absolute atomic E-state index is 13.0. The third-order valence-corrected chi connectivity index (χ3v) is 5.42. The topological polar surface area (TPSA) is 105 Å². The lowest BCUT2D eigenvalue weighted by atomic mass is 9.86. The second kappa shape index (κ2) is 6.83. The molecule has 3 aromatic rings. The molecule has 1 atom stereocenters. The molecule has 2 aliphatic heterocycles. The molecule has 0 fully saturated rings. The molecule has 0 saturated heterocycles. The number of ether oxygens (including phenoxy) is 1. The van der Waals surface area contributed by atoms with E-state index in [9.17, 15) is 14.7 Å². The normalized spacial score (nSPS) is 18.6. The molecule has 0 spiro atoms. The van der Waals surface area contributed by atoms with Crippen molar-refractivity contribution < 1.29 is 14.6 Å². The number of rotatable bonds is 1. The Bertz CT molecular complexity index is 1260. The number of carbonyl (C=O) groups excluding carboxylic acids is 1. The molecule has 7 nitrogen and oxygen atoms in total. The zero-order valence-electron chi connectivity index (χ0n) is 16.1. The minimum atomic E-state index is -1.79. The van der Waals surface area contributed by atoms with E-state index in [1.165, 1.54) is 6.92 Å². The molecule has 4 heterocycles. The van der Waals surface area contributed by atoms with Gasteiger partial charge in [0.25, 0.3) is 5.56 Å². The average molecular weight is 389 g/mol. The van der Waals surface area contributed by atoms with Crippen LogP contribution in [0.4, 0.5) is 0 Å². The maximum atomic E-state index is 13.0. The number of fused-ring (bicyclic) bond motifs is 5. The molecule has 0 bridgehead atoms. The summed E-state index contributed by atoms with van der Waals surface area (Å²) in [6, 6.07) is 13.3. The van der Waals surface area contributed by atoms with E-state index in [4.69, 9.17) is 15.0 Å². The van der Waals surface area contributed by atoms with Crippen LogP contribution in [0.15, 0.2) is 41.2 Å². The van der Waals surface area contributed by atoms with Gasteiger partial charge in [-0.3, -0.25) is 4.79 Å². The highest BCUT2D eigenvalue weighted by Crippen LogP contribution is 2.38. The van der Waals surface area contributed by atoms with E-state index in [2.05, 4.69) is 0 Å². The van der Waals surface area contributed by atoms with Crippen LogP contribution in [0.1, 0.15) is 37.0 Å². The van der Waals surface area contributed by atoms with Crippen LogP contribution in [0, 0.1) is 11.3 Å². The van der Waals surface area contributed by atoms with Gasteiger partial charge < -0.3 is 14.4 Å². The first-order valence-electron chi connectivity index (χ1n) is 9.31. The summed E-state index contributed by atoms with van der Waals surface area (Å²) in [6.07, 6.45) is 0.139. The number of esters is 1. The molecule has 0 aliphatic carbocycles. The SMILES string of the molecule is CC#N.CC[C@@]1(O)C(=O)OCc2c1cc1n(c2=O)Cc2cc3ccccc3nc2-1. The Morgan fingerprint density at radius 3 is 2.76 bits per heavy atom. The lowest BCUT2D eigenvalue weighted by Crippen LogP contribution is -2.44. The molecule has 0 amide bonds. The van der Waals surface area contributed by atoms with E-state index in [0.29, 0.717) is 23.4 Å². The zero-order chi connectivity index (χ0) is 20.8. The van der Waals surface area contributed by atoms with Crippen LogP contribution in [0.25, 0.3) is 22.3 Å². The van der Waals surface area contributed by atoms with Crippen LogP contribution in [0.2, 0.25) is 0 Å². The summed E-state index contributed by atoms with van der Waals surface area (Å²) >= 11 is 0. The average Bonchev–Trinajstić information content (AvgIpc) is 3.08. The van der Waals surface area contributed by atoms with Gasteiger partial charge in [-0.2, -0.15) is 5.26 Å². The number of carbonyl (C=O) groups is 1. The smallest absolute Gasteiger partial charge is 0.343 e. The number of aliphatic hydroxyl groups is 1. The van der Waals surface area contributed by atoms with Crippen molar-refractivity contribution in [2.45, 2.75) is 39.0 Å². The Hall–Kier alpha value is -3.50. The molecule has 0 unspecified atom stereocenters. The Morgan fingerprint density at radius 1 is 1.31 bits per heavy atom. The number of nitrogens with zero attached hydrogens (tertiary/aromatic N) is 3. The molecule has 2 aromatic heterocycles. The fourth-order valence-electron chi connectivity index (χ4n) is 3.93. The van der Waals surface area contributed by atoms with Gasteiger partial charge in [-0.15, -0.1) is 0 Å². The summed E-state index contributed by atoms with van der Waals surface area (Å²) in [5.41, 5.74) is 1.81. The molecule has 146 valence electrons. The highest BCUT2D eigenvalue weighted by Gasteiger charge is 2.45. The first-order valence-corrected chi connectivity index (χ1v) is 9.31. The summed E-state index contributed by atoms with van der Waals surface area (Å²) in [5.74, 6) is -0.707. The van der Waals surface area contributed by atoms with Gasteiger partial charge in [0, 0.05) is 23.4 Å². The Morgan fingerprint density at radius 2 is 2.03 bits per heavy atom. The third-order valence-electron chi connectivity index (χ3n) is 5.42. The predicted octanol–water partition coefficient (Wildman–Crippen LogP) is 2.61. The van der Waals surface area contributed by atoms with Crippen LogP contribution >= 0.6 is 0 Å². The fraction of sp³-hybridized carbons (Fsp3) is 0.273. The summed E-state index contributed by atoms with van der Waals surface area (Å²) in [4.78, 5) is 29.9. The highest BCUT2D eigenvalue weighted by atomic mass is 16.6. The van der Waals surface area contributed by atoms with E-state index < -0.39 is 11.6 Å². The lowest BCUT2D eigenvalue weighted by molar-refractivity contribution is -0.172. The predicted molar refractivity (Wildman–Crippen MR) is 106 cm³/mol. The van der Waals surface area contributed by atoms with Crippen molar-refractivity contribution in [3.05, 3.63) is 63.4 Å². The van der Waals surface area contributed by atoms with Gasteiger partial charge in [0.1, 0.15) is 6.61 Å². The minimum absolute atomic E-state index is 0.110. The van der Waals surface area contributed by atoms with Crippen LogP contribution in [0.5, 0.6) is 0 Å². The Kier molecular flexibility index (Phi) is 4.44. The largest absolute Gasteiger partial charge is 0.458 e. The molecular weight excluding hydrogens is 370 g/mol. The van der Waals surface area contributed by atoms with Crippen molar-refractivity contribution in [2.24, 2.45) is 0 Å². The highest BCUT2D eigenvalue weighted by molar-refractivity contribution is 5.86.